The molecule has 1 aliphatic carbocycles. The summed E-state index contributed by atoms with van der Waals surface area (Å²) in [5, 5.41) is 9.36. The molecule has 24 heavy (non-hydrogen) atoms. The van der Waals surface area contributed by atoms with Gasteiger partial charge >= 0.3 is 5.97 Å². The van der Waals surface area contributed by atoms with Gasteiger partial charge in [-0.3, -0.25) is 4.79 Å². The lowest BCUT2D eigenvalue weighted by atomic mass is 9.68. The standard InChI is InChI=1S/C17H28N2O4S/c20-16(21)14-12-13-4-5-15(14)19(13)24(22,23)18-10-8-17(9-11-18)6-2-1-3-7-17/h13-15H,1-12H2,(H,20,21). The third-order valence-electron chi connectivity index (χ3n) is 7.08. The minimum Gasteiger partial charge on any atom is -0.481 e. The van der Waals surface area contributed by atoms with Crippen LogP contribution in [0.3, 0.4) is 0 Å². The highest BCUT2D eigenvalue weighted by Crippen LogP contribution is 2.47. The van der Waals surface area contributed by atoms with E-state index in [2.05, 4.69) is 0 Å². The van der Waals surface area contributed by atoms with Gasteiger partial charge in [0, 0.05) is 25.2 Å². The molecule has 7 heteroatoms. The first-order chi connectivity index (χ1) is 11.4. The molecule has 3 atom stereocenters. The van der Waals surface area contributed by atoms with Crippen LogP contribution in [0.4, 0.5) is 0 Å². The van der Waals surface area contributed by atoms with E-state index in [1.54, 1.807) is 8.61 Å². The average molecular weight is 356 g/mol. The molecule has 4 rings (SSSR count). The van der Waals surface area contributed by atoms with Crippen LogP contribution in [-0.2, 0) is 15.0 Å². The van der Waals surface area contributed by atoms with Crippen LogP contribution in [0.5, 0.6) is 0 Å². The van der Waals surface area contributed by atoms with E-state index in [1.807, 2.05) is 0 Å². The van der Waals surface area contributed by atoms with Crippen molar-refractivity contribution in [2.75, 3.05) is 13.1 Å². The molecule has 3 saturated heterocycles. The molecule has 0 aromatic carbocycles. The SMILES string of the molecule is O=C(O)C1CC2CCC1N2S(=O)(=O)N1CCC2(CCCCC2)CC1. The van der Waals surface area contributed by atoms with E-state index < -0.39 is 22.1 Å². The first kappa shape index (κ1) is 16.8. The van der Waals surface area contributed by atoms with Gasteiger partial charge in [0.25, 0.3) is 10.2 Å². The molecular formula is C17H28N2O4S. The summed E-state index contributed by atoms with van der Waals surface area (Å²) in [6.45, 7) is 1.21. The largest absolute Gasteiger partial charge is 0.481 e. The minimum absolute atomic E-state index is 0.105. The minimum atomic E-state index is -3.52. The Morgan fingerprint density at radius 2 is 1.67 bits per heavy atom. The van der Waals surface area contributed by atoms with Gasteiger partial charge in [-0.25, -0.2) is 0 Å². The second-order valence-corrected chi connectivity index (χ2v) is 10.1. The summed E-state index contributed by atoms with van der Waals surface area (Å²) in [5.74, 6) is -1.37. The summed E-state index contributed by atoms with van der Waals surface area (Å²) in [6.07, 6.45) is 10.3. The summed E-state index contributed by atoms with van der Waals surface area (Å²) in [6, 6.07) is -0.435. The number of carbonyl (C=O) groups is 1. The highest BCUT2D eigenvalue weighted by molar-refractivity contribution is 7.86. The number of fused-ring (bicyclic) bond motifs is 2. The second-order valence-electron chi connectivity index (χ2n) is 8.28. The Bertz CT molecular complexity index is 604. The number of hydrogen-bond donors (Lipinski definition) is 1. The van der Waals surface area contributed by atoms with Crippen molar-refractivity contribution in [2.45, 2.75) is 76.3 Å². The molecule has 0 amide bonds. The van der Waals surface area contributed by atoms with Gasteiger partial charge in [-0.1, -0.05) is 19.3 Å². The quantitative estimate of drug-likeness (QED) is 0.841. The molecule has 1 spiro atoms. The number of nitrogens with zero attached hydrogens (tertiary/aromatic N) is 2. The number of rotatable bonds is 3. The van der Waals surface area contributed by atoms with Crippen LogP contribution in [0.2, 0.25) is 0 Å². The van der Waals surface area contributed by atoms with Crippen molar-refractivity contribution in [1.29, 1.82) is 0 Å². The molecule has 0 radical (unpaired) electrons. The number of carboxylic acids is 1. The van der Waals surface area contributed by atoms with E-state index in [9.17, 15) is 18.3 Å². The number of hydrogen-bond acceptors (Lipinski definition) is 3. The lowest BCUT2D eigenvalue weighted by Gasteiger charge is -2.44. The molecule has 1 saturated carbocycles. The topological polar surface area (TPSA) is 77.9 Å². The van der Waals surface area contributed by atoms with E-state index >= 15 is 0 Å². The predicted molar refractivity (Wildman–Crippen MR) is 89.6 cm³/mol. The first-order valence-corrected chi connectivity index (χ1v) is 10.8. The molecule has 3 aliphatic heterocycles. The van der Waals surface area contributed by atoms with Gasteiger partial charge in [-0.05, 0) is 50.4 Å². The zero-order valence-electron chi connectivity index (χ0n) is 14.2. The fraction of sp³-hybridized carbons (Fsp3) is 0.941. The molecule has 3 unspecified atom stereocenters. The molecular weight excluding hydrogens is 328 g/mol. The third-order valence-corrected chi connectivity index (χ3v) is 9.20. The molecule has 4 aliphatic rings. The monoisotopic (exact) mass is 356 g/mol. The predicted octanol–water partition coefficient (Wildman–Crippen LogP) is 2.21. The van der Waals surface area contributed by atoms with Crippen LogP contribution in [0.15, 0.2) is 0 Å². The lowest BCUT2D eigenvalue weighted by Crippen LogP contribution is -2.51. The summed E-state index contributed by atoms with van der Waals surface area (Å²) in [7, 11) is -3.52. The Hall–Kier alpha value is -0.660. The van der Waals surface area contributed by atoms with Crippen molar-refractivity contribution in [1.82, 2.24) is 8.61 Å². The number of piperidine rings is 1. The summed E-state index contributed by atoms with van der Waals surface area (Å²) >= 11 is 0. The van der Waals surface area contributed by atoms with Crippen LogP contribution in [0.25, 0.3) is 0 Å². The third kappa shape index (κ3) is 2.59. The molecule has 2 bridgehead atoms. The summed E-state index contributed by atoms with van der Waals surface area (Å²) < 4.78 is 29.5. The maximum atomic E-state index is 13.1. The van der Waals surface area contributed by atoms with Crippen LogP contribution in [0, 0.1) is 11.3 Å². The van der Waals surface area contributed by atoms with Crippen LogP contribution in [0.1, 0.15) is 64.2 Å². The zero-order valence-corrected chi connectivity index (χ0v) is 15.0. The van der Waals surface area contributed by atoms with Crippen LogP contribution in [-0.4, -0.2) is 53.3 Å². The summed E-state index contributed by atoms with van der Waals surface area (Å²) in [4.78, 5) is 11.4. The maximum absolute atomic E-state index is 13.1. The Labute approximate surface area is 144 Å². The Kier molecular flexibility index (Phi) is 4.16. The smallest absolute Gasteiger partial charge is 0.308 e. The normalized spacial score (nSPS) is 37.1. The van der Waals surface area contributed by atoms with Crippen molar-refractivity contribution < 1.29 is 18.3 Å². The van der Waals surface area contributed by atoms with E-state index in [1.165, 1.54) is 32.1 Å². The highest BCUT2D eigenvalue weighted by Gasteiger charge is 2.56. The molecule has 0 aromatic heterocycles. The zero-order chi connectivity index (χ0) is 16.9. The van der Waals surface area contributed by atoms with Crippen molar-refractivity contribution in [3.05, 3.63) is 0 Å². The van der Waals surface area contributed by atoms with E-state index in [0.29, 0.717) is 31.3 Å². The maximum Gasteiger partial charge on any atom is 0.308 e. The molecule has 3 heterocycles. The van der Waals surface area contributed by atoms with Crippen molar-refractivity contribution >= 4 is 16.2 Å². The van der Waals surface area contributed by atoms with Crippen LogP contribution >= 0.6 is 0 Å². The van der Waals surface area contributed by atoms with Crippen molar-refractivity contribution in [2.24, 2.45) is 11.3 Å². The highest BCUT2D eigenvalue weighted by atomic mass is 32.2. The van der Waals surface area contributed by atoms with Gasteiger partial charge < -0.3 is 5.11 Å². The number of carboxylic acid groups (broad SMARTS) is 1. The molecule has 4 fully saturated rings. The van der Waals surface area contributed by atoms with E-state index in [4.69, 9.17) is 0 Å². The van der Waals surface area contributed by atoms with Crippen molar-refractivity contribution in [3.8, 4) is 0 Å². The van der Waals surface area contributed by atoms with Gasteiger partial charge in [-0.15, -0.1) is 0 Å². The van der Waals surface area contributed by atoms with Crippen LogP contribution < -0.4 is 0 Å². The summed E-state index contributed by atoms with van der Waals surface area (Å²) in [5.41, 5.74) is 0.373. The van der Waals surface area contributed by atoms with Gasteiger partial charge in [0.1, 0.15) is 0 Å². The Morgan fingerprint density at radius 3 is 2.25 bits per heavy atom. The Morgan fingerprint density at radius 1 is 1.00 bits per heavy atom. The second kappa shape index (κ2) is 5.95. The molecule has 6 nitrogen and oxygen atoms in total. The van der Waals surface area contributed by atoms with E-state index in [-0.39, 0.29) is 12.1 Å². The molecule has 1 N–H and O–H groups in total. The van der Waals surface area contributed by atoms with Gasteiger partial charge in [0.2, 0.25) is 0 Å². The van der Waals surface area contributed by atoms with Crippen molar-refractivity contribution in [3.63, 3.8) is 0 Å². The first-order valence-electron chi connectivity index (χ1n) is 9.44. The molecule has 0 aromatic rings. The average Bonchev–Trinajstić information content (AvgIpc) is 3.15. The Balaban J connectivity index is 1.47. The molecule has 136 valence electrons. The van der Waals surface area contributed by atoms with Gasteiger partial charge in [-0.2, -0.15) is 17.0 Å². The lowest BCUT2D eigenvalue weighted by molar-refractivity contribution is -0.142. The van der Waals surface area contributed by atoms with E-state index in [0.717, 1.165) is 19.3 Å². The van der Waals surface area contributed by atoms with Gasteiger partial charge in [0.15, 0.2) is 0 Å². The van der Waals surface area contributed by atoms with Gasteiger partial charge in [0.05, 0.1) is 5.92 Å². The number of aliphatic carboxylic acids is 1. The fourth-order valence-corrected chi connectivity index (χ4v) is 7.76. The fourth-order valence-electron chi connectivity index (χ4n) is 5.69.